The number of morpholine rings is 1. The first-order valence-electron chi connectivity index (χ1n) is 7.97. The quantitative estimate of drug-likeness (QED) is 0.773. The van der Waals surface area contributed by atoms with E-state index in [1.807, 2.05) is 53.1 Å². The van der Waals surface area contributed by atoms with Crippen LogP contribution in [0, 0.1) is 0 Å². The maximum absolute atomic E-state index is 12.2. The Bertz CT molecular complexity index is 851. The van der Waals surface area contributed by atoms with Crippen LogP contribution in [0.3, 0.4) is 0 Å². The third-order valence-corrected chi connectivity index (χ3v) is 4.09. The number of nitrogens with zero attached hydrogens (tertiary/aromatic N) is 2. The Hall–Kier alpha value is -2.70. The number of para-hydroxylation sites is 2. The van der Waals surface area contributed by atoms with Crippen LogP contribution in [0.15, 0.2) is 54.9 Å². The summed E-state index contributed by atoms with van der Waals surface area (Å²) in [5, 5.41) is 6.04. The van der Waals surface area contributed by atoms with Crippen LogP contribution in [0.4, 0.5) is 5.69 Å². The molecule has 2 aromatic carbocycles. The Morgan fingerprint density at radius 2 is 2.04 bits per heavy atom. The molecule has 2 heterocycles. The molecule has 4 rings (SSSR count). The summed E-state index contributed by atoms with van der Waals surface area (Å²) in [5.41, 5.74) is 3.76. The van der Waals surface area contributed by atoms with E-state index >= 15 is 0 Å². The van der Waals surface area contributed by atoms with Gasteiger partial charge in [0.2, 0.25) is 0 Å². The summed E-state index contributed by atoms with van der Waals surface area (Å²) in [7, 11) is 0. The molecular weight excluding hydrogens is 304 g/mol. The second-order valence-corrected chi connectivity index (χ2v) is 5.70. The highest BCUT2D eigenvalue weighted by atomic mass is 16.5. The van der Waals surface area contributed by atoms with E-state index in [1.54, 1.807) is 6.33 Å². The van der Waals surface area contributed by atoms with Crippen molar-refractivity contribution in [1.82, 2.24) is 14.9 Å². The molecule has 2 N–H and O–H groups in total. The third-order valence-electron chi connectivity index (χ3n) is 4.09. The fourth-order valence-electron chi connectivity index (χ4n) is 2.83. The molecule has 0 unspecified atom stereocenters. The number of ether oxygens (including phenoxy) is 1. The molecule has 0 radical (unpaired) electrons. The van der Waals surface area contributed by atoms with Gasteiger partial charge in [0.15, 0.2) is 0 Å². The average molecular weight is 322 g/mol. The van der Waals surface area contributed by atoms with Gasteiger partial charge in [0.25, 0.3) is 5.91 Å². The first kappa shape index (κ1) is 14.9. The van der Waals surface area contributed by atoms with Crippen LogP contribution >= 0.6 is 0 Å². The molecule has 0 aliphatic carbocycles. The molecule has 0 spiro atoms. The molecule has 1 fully saturated rings. The number of fused-ring (bicyclic) bond motifs is 1. The van der Waals surface area contributed by atoms with Crippen LogP contribution in [-0.4, -0.2) is 41.3 Å². The molecule has 0 bridgehead atoms. The SMILES string of the molecule is O=C(Nc1ccc(-n2cnc3ccccc32)cc1)[C@H]1CNCCO1. The number of hydrogen-bond acceptors (Lipinski definition) is 4. The van der Waals surface area contributed by atoms with Crippen molar-refractivity contribution in [3.05, 3.63) is 54.9 Å². The Morgan fingerprint density at radius 3 is 2.83 bits per heavy atom. The zero-order valence-corrected chi connectivity index (χ0v) is 13.1. The van der Waals surface area contributed by atoms with Gasteiger partial charge in [-0.3, -0.25) is 9.36 Å². The number of benzene rings is 2. The largest absolute Gasteiger partial charge is 0.366 e. The minimum Gasteiger partial charge on any atom is -0.366 e. The highest BCUT2D eigenvalue weighted by Gasteiger charge is 2.21. The summed E-state index contributed by atoms with van der Waals surface area (Å²) in [4.78, 5) is 16.6. The zero-order valence-electron chi connectivity index (χ0n) is 13.1. The topological polar surface area (TPSA) is 68.2 Å². The van der Waals surface area contributed by atoms with Gasteiger partial charge in [0.05, 0.1) is 17.6 Å². The predicted octanol–water partition coefficient (Wildman–Crippen LogP) is 1.95. The summed E-state index contributed by atoms with van der Waals surface area (Å²) < 4.78 is 7.48. The van der Waals surface area contributed by atoms with Crippen LogP contribution in [0.1, 0.15) is 0 Å². The van der Waals surface area contributed by atoms with E-state index in [0.717, 1.165) is 29.0 Å². The van der Waals surface area contributed by atoms with E-state index in [1.165, 1.54) is 0 Å². The Kier molecular flexibility index (Phi) is 3.98. The van der Waals surface area contributed by atoms with E-state index in [4.69, 9.17) is 4.74 Å². The van der Waals surface area contributed by atoms with Crippen molar-refractivity contribution in [2.24, 2.45) is 0 Å². The molecule has 1 aliphatic heterocycles. The fourth-order valence-corrected chi connectivity index (χ4v) is 2.83. The molecule has 1 saturated heterocycles. The minimum atomic E-state index is -0.434. The molecule has 0 saturated carbocycles. The lowest BCUT2D eigenvalue weighted by Gasteiger charge is -2.22. The third kappa shape index (κ3) is 2.89. The molecule has 1 aromatic heterocycles. The van der Waals surface area contributed by atoms with Gasteiger partial charge in [-0.1, -0.05) is 12.1 Å². The van der Waals surface area contributed by atoms with Crippen molar-refractivity contribution >= 4 is 22.6 Å². The van der Waals surface area contributed by atoms with Crippen molar-refractivity contribution in [2.45, 2.75) is 6.10 Å². The van der Waals surface area contributed by atoms with E-state index in [9.17, 15) is 4.79 Å². The number of hydrogen-bond donors (Lipinski definition) is 2. The predicted molar refractivity (Wildman–Crippen MR) is 92.3 cm³/mol. The first-order chi connectivity index (χ1) is 11.8. The van der Waals surface area contributed by atoms with E-state index in [-0.39, 0.29) is 5.91 Å². The Morgan fingerprint density at radius 1 is 1.21 bits per heavy atom. The number of nitrogens with one attached hydrogen (secondary N) is 2. The zero-order chi connectivity index (χ0) is 16.4. The van der Waals surface area contributed by atoms with Gasteiger partial charge in [-0.2, -0.15) is 0 Å². The van der Waals surface area contributed by atoms with Crippen LogP contribution in [0.5, 0.6) is 0 Å². The van der Waals surface area contributed by atoms with Gasteiger partial charge < -0.3 is 15.4 Å². The van der Waals surface area contributed by atoms with E-state index in [0.29, 0.717) is 13.2 Å². The second kappa shape index (κ2) is 6.43. The molecule has 3 aromatic rings. The maximum atomic E-state index is 12.2. The average Bonchev–Trinajstić information content (AvgIpc) is 3.07. The van der Waals surface area contributed by atoms with Crippen LogP contribution in [0.25, 0.3) is 16.7 Å². The van der Waals surface area contributed by atoms with Crippen LogP contribution in [-0.2, 0) is 9.53 Å². The first-order valence-corrected chi connectivity index (χ1v) is 7.97. The lowest BCUT2D eigenvalue weighted by atomic mass is 10.2. The van der Waals surface area contributed by atoms with Gasteiger partial charge in [-0.15, -0.1) is 0 Å². The van der Waals surface area contributed by atoms with E-state index in [2.05, 4.69) is 15.6 Å². The van der Waals surface area contributed by atoms with Gasteiger partial charge in [0, 0.05) is 24.5 Å². The molecule has 1 atom stereocenters. The van der Waals surface area contributed by atoms with Gasteiger partial charge in [-0.25, -0.2) is 4.98 Å². The Balaban J connectivity index is 1.51. The summed E-state index contributed by atoms with van der Waals surface area (Å²) in [6, 6.07) is 15.7. The van der Waals surface area contributed by atoms with Gasteiger partial charge in [0.1, 0.15) is 12.4 Å². The van der Waals surface area contributed by atoms with E-state index < -0.39 is 6.10 Å². The standard InChI is InChI=1S/C18H18N4O2/c23-18(17-11-19-9-10-24-17)21-13-5-7-14(8-6-13)22-12-20-15-3-1-2-4-16(15)22/h1-8,12,17,19H,9-11H2,(H,21,23)/t17-/m1/s1. The second-order valence-electron chi connectivity index (χ2n) is 5.70. The molecule has 1 amide bonds. The smallest absolute Gasteiger partial charge is 0.254 e. The van der Waals surface area contributed by atoms with Crippen molar-refractivity contribution in [3.8, 4) is 5.69 Å². The molecule has 1 aliphatic rings. The fraction of sp³-hybridized carbons (Fsp3) is 0.222. The number of rotatable bonds is 3. The Labute approximate surface area is 139 Å². The lowest BCUT2D eigenvalue weighted by Crippen LogP contribution is -2.45. The van der Waals surface area contributed by atoms with Crippen LogP contribution < -0.4 is 10.6 Å². The molecular formula is C18H18N4O2. The number of imidazole rings is 1. The highest BCUT2D eigenvalue weighted by Crippen LogP contribution is 2.19. The molecule has 6 nitrogen and oxygen atoms in total. The monoisotopic (exact) mass is 322 g/mol. The molecule has 122 valence electrons. The van der Waals surface area contributed by atoms with Gasteiger partial charge in [-0.05, 0) is 36.4 Å². The van der Waals surface area contributed by atoms with Crippen LogP contribution in [0.2, 0.25) is 0 Å². The number of carbonyl (C=O) groups is 1. The van der Waals surface area contributed by atoms with Crippen molar-refractivity contribution < 1.29 is 9.53 Å². The van der Waals surface area contributed by atoms with Gasteiger partial charge >= 0.3 is 0 Å². The lowest BCUT2D eigenvalue weighted by molar-refractivity contribution is -0.128. The number of anilines is 1. The molecule has 24 heavy (non-hydrogen) atoms. The molecule has 6 heteroatoms. The maximum Gasteiger partial charge on any atom is 0.254 e. The summed E-state index contributed by atoms with van der Waals surface area (Å²) in [5.74, 6) is -0.122. The highest BCUT2D eigenvalue weighted by molar-refractivity contribution is 5.94. The summed E-state index contributed by atoms with van der Waals surface area (Å²) in [6.07, 6.45) is 1.37. The van der Waals surface area contributed by atoms with Crippen molar-refractivity contribution in [3.63, 3.8) is 0 Å². The normalized spacial score (nSPS) is 17.8. The summed E-state index contributed by atoms with van der Waals surface area (Å²) >= 11 is 0. The van der Waals surface area contributed by atoms with Crippen molar-refractivity contribution in [2.75, 3.05) is 25.0 Å². The number of carbonyl (C=O) groups excluding carboxylic acids is 1. The number of aromatic nitrogens is 2. The number of amides is 1. The minimum absolute atomic E-state index is 0.122. The summed E-state index contributed by atoms with van der Waals surface area (Å²) in [6.45, 7) is 1.90. The van der Waals surface area contributed by atoms with Crippen molar-refractivity contribution in [1.29, 1.82) is 0 Å².